The minimum atomic E-state index is 0.159. The van der Waals surface area contributed by atoms with Gasteiger partial charge < -0.3 is 5.73 Å². The van der Waals surface area contributed by atoms with Gasteiger partial charge in [0.25, 0.3) is 0 Å². The van der Waals surface area contributed by atoms with E-state index in [1.807, 2.05) is 6.92 Å². The van der Waals surface area contributed by atoms with Crippen molar-refractivity contribution in [2.45, 2.75) is 25.8 Å². The standard InChI is InChI=1S/C11H13BrN2S2/c1-7-14-10(6-15-7)3-9(13)4-11-2-8(12)5-16-11/h2,5-6,9H,3-4,13H2,1H3. The van der Waals surface area contributed by atoms with Crippen molar-refractivity contribution < 1.29 is 0 Å². The van der Waals surface area contributed by atoms with Gasteiger partial charge in [-0.25, -0.2) is 4.98 Å². The van der Waals surface area contributed by atoms with Gasteiger partial charge in [-0.2, -0.15) is 0 Å². The Morgan fingerprint density at radius 1 is 1.38 bits per heavy atom. The zero-order valence-corrected chi connectivity index (χ0v) is 12.2. The summed E-state index contributed by atoms with van der Waals surface area (Å²) in [6.07, 6.45) is 1.78. The number of aryl methyl sites for hydroxylation is 1. The van der Waals surface area contributed by atoms with E-state index in [1.165, 1.54) is 4.88 Å². The molecule has 86 valence electrons. The van der Waals surface area contributed by atoms with Crippen LogP contribution in [0.5, 0.6) is 0 Å². The van der Waals surface area contributed by atoms with Crippen LogP contribution in [-0.4, -0.2) is 11.0 Å². The lowest BCUT2D eigenvalue weighted by molar-refractivity contribution is 0.661. The predicted octanol–water partition coefficient (Wildman–Crippen LogP) is 3.39. The van der Waals surface area contributed by atoms with Crippen molar-refractivity contribution in [3.63, 3.8) is 0 Å². The number of aromatic nitrogens is 1. The maximum atomic E-state index is 6.11. The number of thiazole rings is 1. The zero-order valence-electron chi connectivity index (χ0n) is 8.94. The summed E-state index contributed by atoms with van der Waals surface area (Å²) in [5.41, 5.74) is 7.23. The van der Waals surface area contributed by atoms with Gasteiger partial charge in [-0.05, 0) is 35.3 Å². The molecule has 1 atom stereocenters. The van der Waals surface area contributed by atoms with Crippen molar-refractivity contribution in [2.24, 2.45) is 5.73 Å². The second kappa shape index (κ2) is 5.40. The summed E-state index contributed by atoms with van der Waals surface area (Å²) >= 11 is 6.89. The van der Waals surface area contributed by atoms with Crippen LogP contribution in [0.25, 0.3) is 0 Å². The van der Waals surface area contributed by atoms with Gasteiger partial charge in [-0.15, -0.1) is 22.7 Å². The summed E-state index contributed by atoms with van der Waals surface area (Å²) in [5, 5.41) is 5.30. The van der Waals surface area contributed by atoms with Gasteiger partial charge in [0.05, 0.1) is 10.7 Å². The van der Waals surface area contributed by atoms with E-state index in [9.17, 15) is 0 Å². The molecule has 2 heterocycles. The van der Waals surface area contributed by atoms with Crippen LogP contribution in [0.3, 0.4) is 0 Å². The average molecular weight is 317 g/mol. The van der Waals surface area contributed by atoms with Crippen LogP contribution in [0.15, 0.2) is 21.3 Å². The van der Waals surface area contributed by atoms with Crippen LogP contribution < -0.4 is 5.73 Å². The molecule has 5 heteroatoms. The lowest BCUT2D eigenvalue weighted by atomic mass is 10.1. The van der Waals surface area contributed by atoms with E-state index in [0.29, 0.717) is 0 Å². The first-order valence-corrected chi connectivity index (χ1v) is 7.58. The second-order valence-corrected chi connectivity index (χ2v) is 6.73. The highest BCUT2D eigenvalue weighted by molar-refractivity contribution is 9.10. The molecule has 2 rings (SSSR count). The fraction of sp³-hybridized carbons (Fsp3) is 0.364. The summed E-state index contributed by atoms with van der Waals surface area (Å²) < 4.78 is 1.14. The highest BCUT2D eigenvalue weighted by atomic mass is 79.9. The molecular weight excluding hydrogens is 304 g/mol. The van der Waals surface area contributed by atoms with Crippen LogP contribution in [-0.2, 0) is 12.8 Å². The van der Waals surface area contributed by atoms with Gasteiger partial charge in [-0.1, -0.05) is 0 Å². The molecule has 0 aliphatic carbocycles. The van der Waals surface area contributed by atoms with Crippen molar-refractivity contribution in [1.29, 1.82) is 0 Å². The van der Waals surface area contributed by atoms with E-state index in [0.717, 1.165) is 28.0 Å². The summed E-state index contributed by atoms with van der Waals surface area (Å²) in [5.74, 6) is 0. The van der Waals surface area contributed by atoms with Gasteiger partial charge in [0.1, 0.15) is 0 Å². The lowest BCUT2D eigenvalue weighted by Gasteiger charge is -2.07. The molecule has 0 fully saturated rings. The zero-order chi connectivity index (χ0) is 11.5. The quantitative estimate of drug-likeness (QED) is 0.939. The monoisotopic (exact) mass is 316 g/mol. The molecule has 1 unspecified atom stereocenters. The van der Waals surface area contributed by atoms with Crippen LogP contribution >= 0.6 is 38.6 Å². The van der Waals surface area contributed by atoms with E-state index >= 15 is 0 Å². The number of rotatable bonds is 4. The first-order valence-electron chi connectivity index (χ1n) is 5.03. The van der Waals surface area contributed by atoms with E-state index in [-0.39, 0.29) is 6.04 Å². The summed E-state index contributed by atoms with van der Waals surface area (Å²) in [6.45, 7) is 2.02. The first kappa shape index (κ1) is 12.2. The third-order valence-electron chi connectivity index (χ3n) is 2.22. The molecule has 0 saturated carbocycles. The summed E-state index contributed by atoms with van der Waals surface area (Å²) in [4.78, 5) is 5.76. The maximum absolute atomic E-state index is 6.11. The molecule has 0 radical (unpaired) electrons. The molecule has 2 nitrogen and oxygen atoms in total. The number of nitrogens with zero attached hydrogens (tertiary/aromatic N) is 1. The largest absolute Gasteiger partial charge is 0.327 e. The van der Waals surface area contributed by atoms with Crippen molar-refractivity contribution in [1.82, 2.24) is 4.98 Å². The molecule has 2 aromatic heterocycles. The Morgan fingerprint density at radius 3 is 2.75 bits per heavy atom. The Labute approximate surface area is 112 Å². The fourth-order valence-electron chi connectivity index (χ4n) is 1.56. The number of halogens is 1. The van der Waals surface area contributed by atoms with Crippen LogP contribution in [0.2, 0.25) is 0 Å². The van der Waals surface area contributed by atoms with Crippen molar-refractivity contribution >= 4 is 38.6 Å². The lowest BCUT2D eigenvalue weighted by Crippen LogP contribution is -2.25. The molecule has 0 aliphatic heterocycles. The van der Waals surface area contributed by atoms with Gasteiger partial charge >= 0.3 is 0 Å². The summed E-state index contributed by atoms with van der Waals surface area (Å²) in [6, 6.07) is 2.30. The molecule has 0 aromatic carbocycles. The molecule has 16 heavy (non-hydrogen) atoms. The molecule has 0 saturated heterocycles. The molecule has 0 bridgehead atoms. The van der Waals surface area contributed by atoms with E-state index in [4.69, 9.17) is 5.73 Å². The summed E-state index contributed by atoms with van der Waals surface area (Å²) in [7, 11) is 0. The van der Waals surface area contributed by atoms with Crippen LogP contribution in [0.1, 0.15) is 15.6 Å². The van der Waals surface area contributed by atoms with E-state index in [1.54, 1.807) is 22.7 Å². The number of hydrogen-bond donors (Lipinski definition) is 1. The fourth-order valence-corrected chi connectivity index (χ4v) is 3.73. The normalized spacial score (nSPS) is 12.9. The minimum absolute atomic E-state index is 0.159. The second-order valence-electron chi connectivity index (χ2n) is 3.76. The topological polar surface area (TPSA) is 38.9 Å². The molecule has 0 amide bonds. The van der Waals surface area contributed by atoms with Gasteiger partial charge in [0.2, 0.25) is 0 Å². The Balaban J connectivity index is 1.91. The first-order chi connectivity index (χ1) is 7.63. The highest BCUT2D eigenvalue weighted by Gasteiger charge is 2.09. The van der Waals surface area contributed by atoms with Gasteiger partial charge in [0.15, 0.2) is 0 Å². The van der Waals surface area contributed by atoms with Crippen molar-refractivity contribution in [3.05, 3.63) is 36.9 Å². The molecular formula is C11H13BrN2S2. The Bertz CT molecular complexity index is 422. The molecule has 2 N–H and O–H groups in total. The van der Waals surface area contributed by atoms with Crippen molar-refractivity contribution in [3.8, 4) is 0 Å². The van der Waals surface area contributed by atoms with Gasteiger partial charge in [-0.3, -0.25) is 0 Å². The van der Waals surface area contributed by atoms with Crippen molar-refractivity contribution in [2.75, 3.05) is 0 Å². The molecule has 0 spiro atoms. The smallest absolute Gasteiger partial charge is 0.0897 e. The SMILES string of the molecule is Cc1nc(CC(N)Cc2cc(Br)cs2)cs1. The Hall–Kier alpha value is -0.230. The Morgan fingerprint density at radius 2 is 2.19 bits per heavy atom. The number of nitrogens with two attached hydrogens (primary N) is 1. The average Bonchev–Trinajstić information content (AvgIpc) is 2.76. The third-order valence-corrected chi connectivity index (χ3v) is 4.77. The van der Waals surface area contributed by atoms with Crippen LogP contribution in [0, 0.1) is 6.92 Å². The maximum Gasteiger partial charge on any atom is 0.0897 e. The van der Waals surface area contributed by atoms with Gasteiger partial charge in [0, 0.05) is 32.6 Å². The Kier molecular flexibility index (Phi) is 4.13. The third kappa shape index (κ3) is 3.38. The molecule has 0 aliphatic rings. The van der Waals surface area contributed by atoms with E-state index in [2.05, 4.69) is 37.7 Å². The number of hydrogen-bond acceptors (Lipinski definition) is 4. The number of thiophene rings is 1. The minimum Gasteiger partial charge on any atom is -0.327 e. The van der Waals surface area contributed by atoms with Crippen LogP contribution in [0.4, 0.5) is 0 Å². The highest BCUT2D eigenvalue weighted by Crippen LogP contribution is 2.21. The van der Waals surface area contributed by atoms with E-state index < -0.39 is 0 Å². The predicted molar refractivity (Wildman–Crippen MR) is 74.3 cm³/mol. The molecule has 2 aromatic rings.